The lowest BCUT2D eigenvalue weighted by molar-refractivity contribution is 0.158. The second-order valence-corrected chi connectivity index (χ2v) is 5.62. The molecule has 0 fully saturated rings. The molecule has 3 rings (SSSR count). The van der Waals surface area contributed by atoms with E-state index in [0.717, 1.165) is 24.3 Å². The zero-order valence-corrected chi connectivity index (χ0v) is 16.5. The minimum Gasteiger partial charge on any atom is -0.493 e. The number of aliphatic imine (C=N–C) groups is 1. The fourth-order valence-corrected chi connectivity index (χ4v) is 2.73. The molecule has 1 aromatic heterocycles. The van der Waals surface area contributed by atoms with Crippen LogP contribution in [0.25, 0.3) is 0 Å². The lowest BCUT2D eigenvalue weighted by Gasteiger charge is -2.28. The number of benzene rings is 1. The van der Waals surface area contributed by atoms with Crippen LogP contribution in [0.4, 0.5) is 0 Å². The summed E-state index contributed by atoms with van der Waals surface area (Å²) < 4.78 is 10.9. The maximum absolute atomic E-state index is 10.1. The number of aliphatic hydroxyl groups excluding tert-OH is 1. The molecular weight excluding hydrogens is 433 g/mol. The van der Waals surface area contributed by atoms with Crippen LogP contribution in [0.1, 0.15) is 36.8 Å². The molecular formula is C18H24IN3O3. The molecule has 6 nitrogen and oxygen atoms in total. The van der Waals surface area contributed by atoms with Crippen molar-refractivity contribution in [3.63, 3.8) is 0 Å². The summed E-state index contributed by atoms with van der Waals surface area (Å²) in [6.07, 6.45) is 1.66. The Morgan fingerprint density at radius 2 is 2.16 bits per heavy atom. The van der Waals surface area contributed by atoms with Crippen LogP contribution >= 0.6 is 24.0 Å². The molecule has 7 heteroatoms. The molecule has 3 N–H and O–H groups in total. The van der Waals surface area contributed by atoms with Gasteiger partial charge < -0.3 is 24.9 Å². The van der Waals surface area contributed by atoms with Crippen LogP contribution < -0.4 is 15.4 Å². The highest BCUT2D eigenvalue weighted by Crippen LogP contribution is 2.31. The molecule has 0 saturated carbocycles. The normalized spacial score (nSPS) is 17.7. The summed E-state index contributed by atoms with van der Waals surface area (Å²) in [6, 6.07) is 11.7. The first-order valence-corrected chi connectivity index (χ1v) is 8.26. The molecule has 2 heterocycles. The predicted octanol–water partition coefficient (Wildman–Crippen LogP) is 3.01. The third-order valence-electron chi connectivity index (χ3n) is 3.91. The zero-order chi connectivity index (χ0) is 16.8. The predicted molar refractivity (Wildman–Crippen MR) is 107 cm³/mol. The number of para-hydroxylation sites is 1. The SMILES string of the molecule is CCNC(=NCC(O)c1ccco1)NC1CCOc2ccccc21.I. The second kappa shape index (κ2) is 9.67. The Morgan fingerprint density at radius 1 is 1.32 bits per heavy atom. The summed E-state index contributed by atoms with van der Waals surface area (Å²) >= 11 is 0. The molecule has 0 saturated heterocycles. The van der Waals surface area contributed by atoms with E-state index in [4.69, 9.17) is 9.15 Å². The van der Waals surface area contributed by atoms with E-state index in [9.17, 15) is 5.11 Å². The van der Waals surface area contributed by atoms with E-state index in [-0.39, 0.29) is 36.6 Å². The van der Waals surface area contributed by atoms with Gasteiger partial charge in [0.05, 0.1) is 25.5 Å². The Kier molecular flexibility index (Phi) is 7.57. The summed E-state index contributed by atoms with van der Waals surface area (Å²) in [4.78, 5) is 4.48. The number of halogens is 1. The molecule has 0 bridgehead atoms. The Labute approximate surface area is 164 Å². The van der Waals surface area contributed by atoms with Crippen LogP contribution in [-0.2, 0) is 0 Å². The summed E-state index contributed by atoms with van der Waals surface area (Å²) in [6.45, 7) is 3.66. The second-order valence-electron chi connectivity index (χ2n) is 5.62. The number of rotatable bonds is 5. The topological polar surface area (TPSA) is 79.0 Å². The number of aliphatic hydroxyl groups is 1. The largest absolute Gasteiger partial charge is 0.493 e. The van der Waals surface area contributed by atoms with Crippen molar-refractivity contribution >= 4 is 29.9 Å². The average Bonchev–Trinajstić information content (AvgIpc) is 3.15. The smallest absolute Gasteiger partial charge is 0.191 e. The van der Waals surface area contributed by atoms with Crippen molar-refractivity contribution in [2.24, 2.45) is 4.99 Å². The number of hydrogen-bond acceptors (Lipinski definition) is 4. The fraction of sp³-hybridized carbons (Fsp3) is 0.389. The number of furan rings is 1. The lowest BCUT2D eigenvalue weighted by Crippen LogP contribution is -2.41. The molecule has 0 aliphatic carbocycles. The van der Waals surface area contributed by atoms with Gasteiger partial charge in [-0.1, -0.05) is 18.2 Å². The summed E-state index contributed by atoms with van der Waals surface area (Å²) in [5.41, 5.74) is 1.13. The van der Waals surface area contributed by atoms with Crippen LogP contribution in [0.3, 0.4) is 0 Å². The maximum Gasteiger partial charge on any atom is 0.191 e. The van der Waals surface area contributed by atoms with Crippen molar-refractivity contribution in [1.82, 2.24) is 10.6 Å². The number of nitrogens with zero attached hydrogens (tertiary/aromatic N) is 1. The van der Waals surface area contributed by atoms with Crippen LogP contribution in [0.5, 0.6) is 5.75 Å². The van der Waals surface area contributed by atoms with E-state index in [2.05, 4.69) is 21.7 Å². The monoisotopic (exact) mass is 457 g/mol. The standard InChI is InChI=1S/C18H23N3O3.HI/c1-2-19-18(20-12-15(22)17-8-5-10-23-17)21-14-9-11-24-16-7-4-3-6-13(14)16;/h3-8,10,14-15,22H,2,9,11-12H2,1H3,(H2,19,20,21);1H. The van der Waals surface area contributed by atoms with Gasteiger partial charge in [0.2, 0.25) is 0 Å². The van der Waals surface area contributed by atoms with E-state index < -0.39 is 6.10 Å². The lowest BCUT2D eigenvalue weighted by atomic mass is 10.0. The molecule has 136 valence electrons. The van der Waals surface area contributed by atoms with Crippen LogP contribution in [-0.4, -0.2) is 30.8 Å². The first kappa shape index (κ1) is 19.6. The Morgan fingerprint density at radius 3 is 2.92 bits per heavy atom. The number of fused-ring (bicyclic) bond motifs is 1. The van der Waals surface area contributed by atoms with E-state index in [1.807, 2.05) is 25.1 Å². The van der Waals surface area contributed by atoms with Crippen molar-refractivity contribution in [2.75, 3.05) is 19.7 Å². The summed E-state index contributed by atoms with van der Waals surface area (Å²) in [5.74, 6) is 2.10. The summed E-state index contributed by atoms with van der Waals surface area (Å²) in [5, 5.41) is 16.8. The highest BCUT2D eigenvalue weighted by molar-refractivity contribution is 14.0. The molecule has 2 unspecified atom stereocenters. The van der Waals surface area contributed by atoms with Gasteiger partial charge in [0, 0.05) is 18.5 Å². The average molecular weight is 457 g/mol. The van der Waals surface area contributed by atoms with E-state index >= 15 is 0 Å². The number of guanidine groups is 1. The van der Waals surface area contributed by atoms with Gasteiger partial charge in [-0.2, -0.15) is 0 Å². The third kappa shape index (κ3) is 5.12. The van der Waals surface area contributed by atoms with Crippen LogP contribution in [0.2, 0.25) is 0 Å². The first-order valence-electron chi connectivity index (χ1n) is 8.26. The molecule has 2 atom stereocenters. The molecule has 0 amide bonds. The van der Waals surface area contributed by atoms with Crippen LogP contribution in [0.15, 0.2) is 52.1 Å². The third-order valence-corrected chi connectivity index (χ3v) is 3.91. The molecule has 1 aliphatic heterocycles. The molecule has 0 radical (unpaired) electrons. The number of ether oxygens (including phenoxy) is 1. The minimum atomic E-state index is -0.752. The molecule has 0 spiro atoms. The van der Waals surface area contributed by atoms with Gasteiger partial charge in [0.25, 0.3) is 0 Å². The fourth-order valence-electron chi connectivity index (χ4n) is 2.73. The minimum absolute atomic E-state index is 0. The van der Waals surface area contributed by atoms with Gasteiger partial charge in [0.1, 0.15) is 17.6 Å². The number of hydrogen-bond donors (Lipinski definition) is 3. The van der Waals surface area contributed by atoms with Crippen molar-refractivity contribution < 1.29 is 14.3 Å². The quantitative estimate of drug-likeness (QED) is 0.366. The molecule has 1 aliphatic rings. The van der Waals surface area contributed by atoms with Gasteiger partial charge in [-0.3, -0.25) is 4.99 Å². The highest BCUT2D eigenvalue weighted by atomic mass is 127. The van der Waals surface area contributed by atoms with Gasteiger partial charge in [-0.15, -0.1) is 24.0 Å². The maximum atomic E-state index is 10.1. The molecule has 1 aromatic carbocycles. The Balaban J connectivity index is 0.00000225. The van der Waals surface area contributed by atoms with Crippen molar-refractivity contribution in [3.8, 4) is 5.75 Å². The Hall–Kier alpha value is -1.74. The zero-order valence-electron chi connectivity index (χ0n) is 14.1. The Bertz CT molecular complexity index is 676. The van der Waals surface area contributed by atoms with E-state index in [0.29, 0.717) is 18.3 Å². The number of nitrogens with one attached hydrogen (secondary N) is 2. The van der Waals surface area contributed by atoms with Crippen LogP contribution in [0, 0.1) is 0 Å². The van der Waals surface area contributed by atoms with Gasteiger partial charge >= 0.3 is 0 Å². The molecule has 2 aromatic rings. The van der Waals surface area contributed by atoms with Crippen molar-refractivity contribution in [3.05, 3.63) is 54.0 Å². The van der Waals surface area contributed by atoms with Gasteiger partial charge in [-0.05, 0) is 25.1 Å². The molecule has 25 heavy (non-hydrogen) atoms. The summed E-state index contributed by atoms with van der Waals surface area (Å²) in [7, 11) is 0. The van der Waals surface area contributed by atoms with Gasteiger partial charge in [-0.25, -0.2) is 0 Å². The highest BCUT2D eigenvalue weighted by Gasteiger charge is 2.22. The first-order chi connectivity index (χ1) is 11.8. The van der Waals surface area contributed by atoms with Gasteiger partial charge in [0.15, 0.2) is 5.96 Å². The van der Waals surface area contributed by atoms with E-state index in [1.165, 1.54) is 0 Å². The van der Waals surface area contributed by atoms with Crippen molar-refractivity contribution in [2.45, 2.75) is 25.5 Å². The van der Waals surface area contributed by atoms with E-state index in [1.54, 1.807) is 18.4 Å². The van der Waals surface area contributed by atoms with Crippen molar-refractivity contribution in [1.29, 1.82) is 0 Å².